The van der Waals surface area contributed by atoms with E-state index in [1.165, 1.54) is 0 Å². The van der Waals surface area contributed by atoms with Crippen molar-refractivity contribution in [2.24, 2.45) is 11.3 Å². The fourth-order valence-electron chi connectivity index (χ4n) is 1.35. The van der Waals surface area contributed by atoms with E-state index >= 15 is 0 Å². The van der Waals surface area contributed by atoms with Crippen LogP contribution in [0.4, 0.5) is 0 Å². The van der Waals surface area contributed by atoms with E-state index in [0.29, 0.717) is 6.42 Å². The van der Waals surface area contributed by atoms with Crippen molar-refractivity contribution in [3.8, 4) is 0 Å². The largest absolute Gasteiger partial charge is 0.285 e. The summed E-state index contributed by atoms with van der Waals surface area (Å²) in [6.07, 6.45) is 0.502. The molecule has 3 nitrogen and oxygen atoms in total. The third-order valence-electron chi connectivity index (χ3n) is 2.01. The lowest BCUT2D eigenvalue weighted by atomic mass is 9.87. The van der Waals surface area contributed by atoms with Gasteiger partial charge in [-0.2, -0.15) is 8.42 Å². The molecule has 0 saturated heterocycles. The Morgan fingerprint density at radius 2 is 1.62 bits per heavy atom. The van der Waals surface area contributed by atoms with Gasteiger partial charge >= 0.3 is 0 Å². The lowest BCUT2D eigenvalue weighted by Gasteiger charge is -2.29. The van der Waals surface area contributed by atoms with Crippen LogP contribution in [0.2, 0.25) is 0 Å². The monoisotopic (exact) mass is 208 g/mol. The number of rotatable bonds is 3. The highest BCUT2D eigenvalue weighted by molar-refractivity contribution is 7.86. The molecule has 1 atom stereocenters. The molecule has 0 amide bonds. The quantitative estimate of drug-likeness (QED) is 0.724. The highest BCUT2D eigenvalue weighted by Gasteiger charge is 2.35. The van der Waals surface area contributed by atoms with Crippen molar-refractivity contribution in [1.29, 1.82) is 0 Å². The van der Waals surface area contributed by atoms with E-state index in [1.807, 2.05) is 34.6 Å². The summed E-state index contributed by atoms with van der Waals surface area (Å²) in [5.41, 5.74) is -0.405. The van der Waals surface area contributed by atoms with Gasteiger partial charge in [-0.1, -0.05) is 34.6 Å². The molecule has 0 radical (unpaired) electrons. The third kappa shape index (κ3) is 4.62. The zero-order valence-electron chi connectivity index (χ0n) is 9.03. The van der Waals surface area contributed by atoms with E-state index in [9.17, 15) is 8.42 Å². The van der Waals surface area contributed by atoms with Crippen molar-refractivity contribution < 1.29 is 13.0 Å². The van der Waals surface area contributed by atoms with Gasteiger partial charge in [0.25, 0.3) is 10.1 Å². The molecule has 1 unspecified atom stereocenters. The van der Waals surface area contributed by atoms with Crippen LogP contribution in [-0.4, -0.2) is 18.2 Å². The molecule has 0 aliphatic heterocycles. The van der Waals surface area contributed by atoms with Gasteiger partial charge in [-0.05, 0) is 17.8 Å². The summed E-state index contributed by atoms with van der Waals surface area (Å²) < 4.78 is 31.2. The molecule has 13 heavy (non-hydrogen) atoms. The molecule has 0 aromatic heterocycles. The Kier molecular flexibility index (Phi) is 3.94. The molecule has 0 bridgehead atoms. The van der Waals surface area contributed by atoms with Crippen LogP contribution < -0.4 is 0 Å². The van der Waals surface area contributed by atoms with Crippen molar-refractivity contribution in [3.05, 3.63) is 0 Å². The maximum absolute atomic E-state index is 11.1. The van der Waals surface area contributed by atoms with Crippen molar-refractivity contribution >= 4 is 10.1 Å². The minimum absolute atomic E-state index is 0.270. The lowest BCUT2D eigenvalue weighted by Crippen LogP contribution is -2.35. The topological polar surface area (TPSA) is 54.4 Å². The van der Waals surface area contributed by atoms with Crippen LogP contribution in [0.25, 0.3) is 0 Å². The Morgan fingerprint density at radius 3 is 1.69 bits per heavy atom. The zero-order valence-corrected chi connectivity index (χ0v) is 9.85. The molecule has 0 spiro atoms. The Hall–Kier alpha value is -0.0900. The first-order valence-electron chi connectivity index (χ1n) is 4.51. The van der Waals surface area contributed by atoms with E-state index < -0.39 is 20.8 Å². The molecular formula is C9H20O3S. The van der Waals surface area contributed by atoms with Gasteiger partial charge in [0.2, 0.25) is 0 Å². The van der Waals surface area contributed by atoms with Crippen LogP contribution in [0.1, 0.15) is 41.0 Å². The van der Waals surface area contributed by atoms with E-state index in [4.69, 9.17) is 4.55 Å². The van der Waals surface area contributed by atoms with Crippen LogP contribution in [0, 0.1) is 11.3 Å². The Balaban J connectivity index is 4.80. The molecule has 4 heteroatoms. The van der Waals surface area contributed by atoms with Crippen LogP contribution >= 0.6 is 0 Å². The summed E-state index contributed by atoms with van der Waals surface area (Å²) in [6.45, 7) is 9.38. The van der Waals surface area contributed by atoms with Gasteiger partial charge in [-0.3, -0.25) is 4.55 Å². The highest BCUT2D eigenvalue weighted by atomic mass is 32.2. The molecule has 0 aliphatic carbocycles. The van der Waals surface area contributed by atoms with Crippen molar-refractivity contribution in [3.63, 3.8) is 0 Å². The van der Waals surface area contributed by atoms with Crippen molar-refractivity contribution in [2.75, 3.05) is 0 Å². The average molecular weight is 208 g/mol. The molecule has 80 valence electrons. The van der Waals surface area contributed by atoms with Crippen molar-refractivity contribution in [2.45, 2.75) is 46.3 Å². The fraction of sp³-hybridized carbons (Fsp3) is 1.00. The standard InChI is InChI=1S/C9H20O3S/c1-7(2)6-8(9(3,4)5)13(10,11)12/h7-8H,6H2,1-5H3,(H,10,11,12). The minimum atomic E-state index is -3.92. The maximum Gasteiger partial charge on any atom is 0.268 e. The first kappa shape index (κ1) is 12.9. The first-order chi connectivity index (χ1) is 5.55. The molecule has 0 aromatic carbocycles. The summed E-state index contributed by atoms with van der Waals surface area (Å²) >= 11 is 0. The molecule has 0 aromatic rings. The molecule has 0 heterocycles. The minimum Gasteiger partial charge on any atom is -0.285 e. The van der Waals surface area contributed by atoms with E-state index in [0.717, 1.165) is 0 Å². The van der Waals surface area contributed by atoms with Crippen LogP contribution in [0.3, 0.4) is 0 Å². The molecule has 1 N–H and O–H groups in total. The normalized spacial score (nSPS) is 16.2. The van der Waals surface area contributed by atoms with Gasteiger partial charge in [-0.15, -0.1) is 0 Å². The second-order valence-corrected chi connectivity index (χ2v) is 6.60. The summed E-state index contributed by atoms with van der Waals surface area (Å²) in [5.74, 6) is 0.270. The zero-order chi connectivity index (χ0) is 10.9. The van der Waals surface area contributed by atoms with Crippen LogP contribution in [-0.2, 0) is 10.1 Å². The van der Waals surface area contributed by atoms with Gasteiger partial charge in [-0.25, -0.2) is 0 Å². The smallest absolute Gasteiger partial charge is 0.268 e. The SMILES string of the molecule is CC(C)CC(C(C)(C)C)S(=O)(=O)O. The summed E-state index contributed by atoms with van der Waals surface area (Å²) in [5, 5.41) is -0.667. The van der Waals surface area contributed by atoms with Gasteiger partial charge in [0.1, 0.15) is 0 Å². The molecule has 0 rings (SSSR count). The van der Waals surface area contributed by atoms with Crippen LogP contribution in [0.15, 0.2) is 0 Å². The second kappa shape index (κ2) is 3.96. The number of hydrogen-bond acceptors (Lipinski definition) is 2. The van der Waals surface area contributed by atoms with Gasteiger partial charge in [0.15, 0.2) is 0 Å². The predicted octanol–water partition coefficient (Wildman–Crippen LogP) is 2.33. The Bertz CT molecular complexity index is 247. The highest BCUT2D eigenvalue weighted by Crippen LogP contribution is 2.29. The van der Waals surface area contributed by atoms with E-state index in [2.05, 4.69) is 0 Å². The molecule has 0 fully saturated rings. The van der Waals surface area contributed by atoms with E-state index in [-0.39, 0.29) is 5.92 Å². The first-order valence-corrected chi connectivity index (χ1v) is 6.01. The van der Waals surface area contributed by atoms with Gasteiger partial charge in [0.05, 0.1) is 5.25 Å². The van der Waals surface area contributed by atoms with Gasteiger partial charge in [0, 0.05) is 0 Å². The Labute approximate surface area is 81.3 Å². The molecular weight excluding hydrogens is 188 g/mol. The van der Waals surface area contributed by atoms with E-state index in [1.54, 1.807) is 0 Å². The van der Waals surface area contributed by atoms with Gasteiger partial charge < -0.3 is 0 Å². The molecule has 0 saturated carbocycles. The second-order valence-electron chi connectivity index (χ2n) is 5.00. The Morgan fingerprint density at radius 1 is 1.23 bits per heavy atom. The van der Waals surface area contributed by atoms with Crippen LogP contribution in [0.5, 0.6) is 0 Å². The average Bonchev–Trinajstić information content (AvgIpc) is 1.77. The predicted molar refractivity (Wildman–Crippen MR) is 54.2 cm³/mol. The number of hydrogen-bond donors (Lipinski definition) is 1. The summed E-state index contributed by atoms with van der Waals surface area (Å²) in [4.78, 5) is 0. The summed E-state index contributed by atoms with van der Waals surface area (Å²) in [6, 6.07) is 0. The summed E-state index contributed by atoms with van der Waals surface area (Å²) in [7, 11) is -3.92. The lowest BCUT2D eigenvalue weighted by molar-refractivity contribution is 0.317. The maximum atomic E-state index is 11.1. The van der Waals surface area contributed by atoms with Crippen molar-refractivity contribution in [1.82, 2.24) is 0 Å². The fourth-order valence-corrected chi connectivity index (χ4v) is 2.87. The molecule has 0 aliphatic rings. The third-order valence-corrected chi connectivity index (χ3v) is 3.63.